The number of rotatable bonds is 2. The lowest BCUT2D eigenvalue weighted by Crippen LogP contribution is -2.13. The first-order valence-corrected chi connectivity index (χ1v) is 6.82. The van der Waals surface area contributed by atoms with Crippen molar-refractivity contribution in [3.63, 3.8) is 0 Å². The van der Waals surface area contributed by atoms with Crippen molar-refractivity contribution in [1.82, 2.24) is 0 Å². The first-order valence-electron chi connectivity index (χ1n) is 6.07. The van der Waals surface area contributed by atoms with E-state index >= 15 is 0 Å². The van der Waals surface area contributed by atoms with Crippen molar-refractivity contribution >= 4 is 34.8 Å². The molecule has 21 heavy (non-hydrogen) atoms. The zero-order valence-corrected chi connectivity index (χ0v) is 12.4. The SMILES string of the molecule is O=C(Nc1ccc(Cl)cc1C#CCO)c1ccccc1Cl. The van der Waals surface area contributed by atoms with Gasteiger partial charge in [-0.1, -0.05) is 47.2 Å². The zero-order chi connectivity index (χ0) is 15.2. The average Bonchev–Trinajstić information content (AvgIpc) is 2.47. The molecule has 0 saturated carbocycles. The van der Waals surface area contributed by atoms with Crippen LogP contribution in [0.25, 0.3) is 0 Å². The number of halogens is 2. The molecule has 0 aliphatic carbocycles. The predicted molar refractivity (Wildman–Crippen MR) is 84.8 cm³/mol. The molecule has 0 radical (unpaired) electrons. The number of carbonyl (C=O) groups excluding carboxylic acids is 1. The summed E-state index contributed by atoms with van der Waals surface area (Å²) in [5, 5.41) is 12.4. The maximum atomic E-state index is 12.2. The van der Waals surface area contributed by atoms with Gasteiger partial charge in [0.2, 0.25) is 0 Å². The molecule has 0 aliphatic heterocycles. The number of carbonyl (C=O) groups is 1. The minimum atomic E-state index is -0.338. The minimum absolute atomic E-state index is 0.273. The number of amides is 1. The van der Waals surface area contributed by atoms with Crippen LogP contribution in [-0.4, -0.2) is 17.6 Å². The molecule has 0 spiro atoms. The van der Waals surface area contributed by atoms with Gasteiger partial charge in [0, 0.05) is 10.6 Å². The largest absolute Gasteiger partial charge is 0.384 e. The molecule has 0 atom stereocenters. The Morgan fingerprint density at radius 3 is 2.67 bits per heavy atom. The molecule has 106 valence electrons. The van der Waals surface area contributed by atoms with E-state index in [1.54, 1.807) is 42.5 Å². The summed E-state index contributed by atoms with van der Waals surface area (Å²) < 4.78 is 0. The highest BCUT2D eigenvalue weighted by Crippen LogP contribution is 2.22. The number of nitrogens with one attached hydrogen (secondary N) is 1. The molecule has 0 aliphatic rings. The summed E-state index contributed by atoms with van der Waals surface area (Å²) in [7, 11) is 0. The van der Waals surface area contributed by atoms with Gasteiger partial charge in [0.1, 0.15) is 6.61 Å². The molecule has 0 bridgehead atoms. The molecule has 0 unspecified atom stereocenters. The van der Waals surface area contributed by atoms with Gasteiger partial charge in [-0.3, -0.25) is 4.79 Å². The lowest BCUT2D eigenvalue weighted by molar-refractivity contribution is 0.102. The van der Waals surface area contributed by atoms with Crippen molar-refractivity contribution in [2.45, 2.75) is 0 Å². The Morgan fingerprint density at radius 1 is 1.19 bits per heavy atom. The van der Waals surface area contributed by atoms with Crippen LogP contribution in [0.1, 0.15) is 15.9 Å². The van der Waals surface area contributed by atoms with E-state index in [2.05, 4.69) is 17.2 Å². The first-order chi connectivity index (χ1) is 10.1. The Balaban J connectivity index is 2.31. The van der Waals surface area contributed by atoms with Crippen LogP contribution in [0, 0.1) is 11.8 Å². The van der Waals surface area contributed by atoms with Crippen LogP contribution in [0.4, 0.5) is 5.69 Å². The van der Waals surface area contributed by atoms with Crippen LogP contribution in [0.3, 0.4) is 0 Å². The molecule has 5 heteroatoms. The maximum absolute atomic E-state index is 12.2. The monoisotopic (exact) mass is 319 g/mol. The van der Waals surface area contributed by atoms with Gasteiger partial charge in [-0.25, -0.2) is 0 Å². The number of hydrogen-bond donors (Lipinski definition) is 2. The Bertz CT molecular complexity index is 733. The van der Waals surface area contributed by atoms with Crippen molar-refractivity contribution in [1.29, 1.82) is 0 Å². The molecule has 2 aromatic rings. The van der Waals surface area contributed by atoms with E-state index in [0.29, 0.717) is 26.9 Å². The number of aliphatic hydroxyl groups is 1. The Hall–Kier alpha value is -1.99. The highest BCUT2D eigenvalue weighted by Gasteiger charge is 2.11. The van der Waals surface area contributed by atoms with E-state index < -0.39 is 0 Å². The third-order valence-corrected chi connectivity index (χ3v) is 3.22. The van der Waals surface area contributed by atoms with Crippen LogP contribution in [0.2, 0.25) is 10.0 Å². The summed E-state index contributed by atoms with van der Waals surface area (Å²) in [6, 6.07) is 11.7. The van der Waals surface area contributed by atoms with Gasteiger partial charge in [-0.05, 0) is 30.3 Å². The number of anilines is 1. The van der Waals surface area contributed by atoms with Crippen molar-refractivity contribution in [3.8, 4) is 11.8 Å². The summed E-state index contributed by atoms with van der Waals surface area (Å²) in [5.41, 5.74) is 1.40. The Labute approximate surface area is 132 Å². The van der Waals surface area contributed by atoms with Gasteiger partial charge in [-0.2, -0.15) is 0 Å². The molecular formula is C16H11Cl2NO2. The molecule has 2 aromatic carbocycles. The van der Waals surface area contributed by atoms with Gasteiger partial charge < -0.3 is 10.4 Å². The second-order valence-corrected chi connectivity index (χ2v) is 4.93. The van der Waals surface area contributed by atoms with Gasteiger partial charge in [0.05, 0.1) is 16.3 Å². The molecule has 1 amide bonds. The van der Waals surface area contributed by atoms with Crippen molar-refractivity contribution in [2.24, 2.45) is 0 Å². The summed E-state index contributed by atoms with van der Waals surface area (Å²) >= 11 is 11.9. The Morgan fingerprint density at radius 2 is 1.95 bits per heavy atom. The number of benzene rings is 2. The van der Waals surface area contributed by atoms with Crippen LogP contribution >= 0.6 is 23.2 Å². The smallest absolute Gasteiger partial charge is 0.257 e. The molecule has 2 rings (SSSR count). The van der Waals surface area contributed by atoms with Gasteiger partial charge in [0.15, 0.2) is 0 Å². The van der Waals surface area contributed by atoms with E-state index in [0.717, 1.165) is 0 Å². The maximum Gasteiger partial charge on any atom is 0.257 e. The lowest BCUT2D eigenvalue weighted by Gasteiger charge is -2.09. The molecule has 0 saturated heterocycles. The molecule has 2 N–H and O–H groups in total. The molecule has 0 aromatic heterocycles. The summed E-state index contributed by atoms with van der Waals surface area (Å²) in [4.78, 5) is 12.2. The summed E-state index contributed by atoms with van der Waals surface area (Å²) in [6.45, 7) is -0.273. The Kier molecular flexibility index (Phi) is 5.24. The highest BCUT2D eigenvalue weighted by atomic mass is 35.5. The predicted octanol–water partition coefficient (Wildman–Crippen LogP) is 3.59. The third-order valence-electron chi connectivity index (χ3n) is 2.65. The molecular weight excluding hydrogens is 309 g/mol. The third kappa shape index (κ3) is 3.99. The van der Waals surface area contributed by atoms with Crippen molar-refractivity contribution < 1.29 is 9.90 Å². The van der Waals surface area contributed by atoms with E-state index in [9.17, 15) is 4.79 Å². The minimum Gasteiger partial charge on any atom is -0.384 e. The topological polar surface area (TPSA) is 49.3 Å². The van der Waals surface area contributed by atoms with E-state index in [4.69, 9.17) is 28.3 Å². The second kappa shape index (κ2) is 7.14. The van der Waals surface area contributed by atoms with Crippen molar-refractivity contribution in [3.05, 3.63) is 63.6 Å². The molecule has 0 fully saturated rings. The first kappa shape index (κ1) is 15.4. The quantitative estimate of drug-likeness (QED) is 0.831. The van der Waals surface area contributed by atoms with Crippen LogP contribution in [0.5, 0.6) is 0 Å². The summed E-state index contributed by atoms with van der Waals surface area (Å²) in [5.74, 6) is 4.93. The van der Waals surface area contributed by atoms with Crippen LogP contribution in [0.15, 0.2) is 42.5 Å². The zero-order valence-electron chi connectivity index (χ0n) is 10.9. The normalized spacial score (nSPS) is 9.67. The lowest BCUT2D eigenvalue weighted by atomic mass is 10.1. The standard InChI is InChI=1S/C16H11Cl2NO2/c17-12-7-8-15(11(10-12)4-3-9-20)19-16(21)13-5-1-2-6-14(13)18/h1-2,5-8,10,20H,9H2,(H,19,21). The summed E-state index contributed by atoms with van der Waals surface area (Å²) in [6.07, 6.45) is 0. The van der Waals surface area contributed by atoms with Gasteiger partial charge >= 0.3 is 0 Å². The molecule has 3 nitrogen and oxygen atoms in total. The fraction of sp³-hybridized carbons (Fsp3) is 0.0625. The fourth-order valence-corrected chi connectivity index (χ4v) is 2.09. The fourth-order valence-electron chi connectivity index (χ4n) is 1.70. The van der Waals surface area contributed by atoms with E-state index in [1.165, 1.54) is 0 Å². The van der Waals surface area contributed by atoms with E-state index in [-0.39, 0.29) is 12.5 Å². The van der Waals surface area contributed by atoms with Gasteiger partial charge in [-0.15, -0.1) is 0 Å². The second-order valence-electron chi connectivity index (χ2n) is 4.08. The van der Waals surface area contributed by atoms with Crippen molar-refractivity contribution in [2.75, 3.05) is 11.9 Å². The van der Waals surface area contributed by atoms with Crippen LogP contribution in [-0.2, 0) is 0 Å². The van der Waals surface area contributed by atoms with Crippen LogP contribution < -0.4 is 5.32 Å². The average molecular weight is 320 g/mol. The van der Waals surface area contributed by atoms with E-state index in [1.807, 2.05) is 0 Å². The highest BCUT2D eigenvalue weighted by molar-refractivity contribution is 6.34. The number of hydrogen-bond acceptors (Lipinski definition) is 2. The van der Waals surface area contributed by atoms with Gasteiger partial charge in [0.25, 0.3) is 5.91 Å². The molecule has 0 heterocycles. The number of aliphatic hydroxyl groups excluding tert-OH is 1.